The molecule has 122 valence electrons. The highest BCUT2D eigenvalue weighted by molar-refractivity contribution is 6.08. The Morgan fingerprint density at radius 2 is 2.14 bits per heavy atom. The third-order valence-electron chi connectivity index (χ3n) is 3.69. The minimum Gasteiger partial charge on any atom is -0.461 e. The van der Waals surface area contributed by atoms with E-state index in [4.69, 9.17) is 9.47 Å². The van der Waals surface area contributed by atoms with Gasteiger partial charge in [0.25, 0.3) is 0 Å². The zero-order valence-corrected chi connectivity index (χ0v) is 12.5. The lowest BCUT2D eigenvalue weighted by atomic mass is 9.86. The number of esters is 1. The first kappa shape index (κ1) is 16.9. The van der Waals surface area contributed by atoms with Gasteiger partial charge in [-0.15, -0.1) is 5.10 Å². The van der Waals surface area contributed by atoms with Gasteiger partial charge in [0.2, 0.25) is 0 Å². The van der Waals surface area contributed by atoms with Crippen LogP contribution < -0.4 is 0 Å². The molecule has 1 aromatic heterocycles. The fourth-order valence-corrected chi connectivity index (χ4v) is 2.55. The van der Waals surface area contributed by atoms with E-state index in [1.54, 1.807) is 6.92 Å². The van der Waals surface area contributed by atoms with Crippen LogP contribution in [0.4, 0.5) is 0 Å². The Hall–Kier alpha value is -1.49. The van der Waals surface area contributed by atoms with Crippen molar-refractivity contribution in [2.24, 2.45) is 0 Å². The number of hydrogen-bond donors (Lipinski definition) is 3. The van der Waals surface area contributed by atoms with Crippen molar-refractivity contribution in [2.45, 2.75) is 43.7 Å². The highest BCUT2D eigenvalue weighted by Gasteiger charge is 2.45. The maximum absolute atomic E-state index is 11.6. The van der Waals surface area contributed by atoms with Crippen molar-refractivity contribution in [1.82, 2.24) is 15.0 Å². The molecule has 3 N–H and O–H groups in total. The van der Waals surface area contributed by atoms with Gasteiger partial charge in [-0.2, -0.15) is 0 Å². The standard InChI is InChI=1S/C12H20BN3O6/c1-2-21-12(20)6-4-16(15-14-6)9-10(18)7(3-13)22-8(5-17)11(9)19/h4,7-11,17-19H,2-3,5,13H2,1H3/t7-,8?,9-,10?,11+/m1/s1. The van der Waals surface area contributed by atoms with Crippen LogP contribution in [0.15, 0.2) is 6.20 Å². The molecule has 1 aliphatic heterocycles. The van der Waals surface area contributed by atoms with Gasteiger partial charge in [-0.05, 0) is 6.92 Å². The maximum Gasteiger partial charge on any atom is 0.360 e. The van der Waals surface area contributed by atoms with Gasteiger partial charge in [0.05, 0.1) is 25.5 Å². The highest BCUT2D eigenvalue weighted by Crippen LogP contribution is 2.30. The molecule has 1 aliphatic rings. The van der Waals surface area contributed by atoms with Crippen LogP contribution in [0, 0.1) is 0 Å². The largest absolute Gasteiger partial charge is 0.461 e. The van der Waals surface area contributed by atoms with Crippen LogP contribution >= 0.6 is 0 Å². The fourth-order valence-electron chi connectivity index (χ4n) is 2.55. The summed E-state index contributed by atoms with van der Waals surface area (Å²) in [5.41, 5.74) is -0.0126. The molecular weight excluding hydrogens is 293 g/mol. The molecule has 10 heteroatoms. The van der Waals surface area contributed by atoms with E-state index >= 15 is 0 Å². The predicted molar refractivity (Wildman–Crippen MR) is 76.1 cm³/mol. The van der Waals surface area contributed by atoms with E-state index in [9.17, 15) is 20.1 Å². The number of carbonyl (C=O) groups excluding carboxylic acids is 1. The van der Waals surface area contributed by atoms with Crippen molar-refractivity contribution < 1.29 is 29.6 Å². The van der Waals surface area contributed by atoms with E-state index in [2.05, 4.69) is 10.3 Å². The van der Waals surface area contributed by atoms with Gasteiger partial charge in [0, 0.05) is 0 Å². The second-order valence-electron chi connectivity index (χ2n) is 5.08. The van der Waals surface area contributed by atoms with Crippen LogP contribution in [0.5, 0.6) is 0 Å². The van der Waals surface area contributed by atoms with Crippen LogP contribution in [-0.4, -0.2) is 81.8 Å². The summed E-state index contributed by atoms with van der Waals surface area (Å²) in [6.45, 7) is 1.49. The molecule has 0 amide bonds. The molecule has 2 unspecified atom stereocenters. The molecule has 1 aromatic rings. The van der Waals surface area contributed by atoms with E-state index in [0.29, 0.717) is 6.32 Å². The van der Waals surface area contributed by atoms with Gasteiger partial charge in [-0.3, -0.25) is 0 Å². The lowest BCUT2D eigenvalue weighted by molar-refractivity contribution is -0.199. The summed E-state index contributed by atoms with van der Waals surface area (Å²) < 4.78 is 11.5. The minimum atomic E-state index is -1.18. The molecule has 2 rings (SSSR count). The molecule has 22 heavy (non-hydrogen) atoms. The molecule has 5 atom stereocenters. The van der Waals surface area contributed by atoms with Crippen LogP contribution in [0.2, 0.25) is 6.32 Å². The number of aliphatic hydroxyl groups excluding tert-OH is 3. The highest BCUT2D eigenvalue weighted by atomic mass is 16.5. The van der Waals surface area contributed by atoms with Crippen molar-refractivity contribution >= 4 is 13.8 Å². The summed E-state index contributed by atoms with van der Waals surface area (Å²) >= 11 is 0. The van der Waals surface area contributed by atoms with Gasteiger partial charge >= 0.3 is 5.97 Å². The smallest absolute Gasteiger partial charge is 0.360 e. The second kappa shape index (κ2) is 7.18. The van der Waals surface area contributed by atoms with Crippen molar-refractivity contribution in [2.75, 3.05) is 13.2 Å². The fraction of sp³-hybridized carbons (Fsp3) is 0.750. The van der Waals surface area contributed by atoms with E-state index in [1.165, 1.54) is 10.9 Å². The second-order valence-corrected chi connectivity index (χ2v) is 5.08. The number of ether oxygens (including phenoxy) is 2. The topological polar surface area (TPSA) is 127 Å². The van der Waals surface area contributed by atoms with E-state index in [0.717, 1.165) is 0 Å². The number of carbonyl (C=O) groups is 1. The Morgan fingerprint density at radius 3 is 2.73 bits per heavy atom. The van der Waals surface area contributed by atoms with Gasteiger partial charge < -0.3 is 24.8 Å². The quantitative estimate of drug-likeness (QED) is 0.403. The number of hydrogen-bond acceptors (Lipinski definition) is 8. The van der Waals surface area contributed by atoms with Crippen LogP contribution in [0.3, 0.4) is 0 Å². The van der Waals surface area contributed by atoms with Crippen LogP contribution in [-0.2, 0) is 9.47 Å². The first-order valence-corrected chi connectivity index (χ1v) is 7.24. The zero-order valence-electron chi connectivity index (χ0n) is 12.5. The maximum atomic E-state index is 11.6. The Labute approximate surface area is 128 Å². The number of rotatable bonds is 5. The lowest BCUT2D eigenvalue weighted by Crippen LogP contribution is -2.55. The third kappa shape index (κ3) is 3.14. The lowest BCUT2D eigenvalue weighted by Gasteiger charge is -2.42. The van der Waals surface area contributed by atoms with Crippen molar-refractivity contribution in [3.05, 3.63) is 11.9 Å². The average molecular weight is 313 g/mol. The van der Waals surface area contributed by atoms with Gasteiger partial charge in [0.1, 0.15) is 32.2 Å². The predicted octanol–water partition coefficient (Wildman–Crippen LogP) is -2.47. The zero-order chi connectivity index (χ0) is 16.3. The molecule has 9 nitrogen and oxygen atoms in total. The molecule has 1 saturated heterocycles. The summed E-state index contributed by atoms with van der Waals surface area (Å²) in [7, 11) is 1.82. The van der Waals surface area contributed by atoms with E-state index in [-0.39, 0.29) is 18.9 Å². The molecule has 1 fully saturated rings. The SMILES string of the molecule is BC[C@H]1OC(CO)[C@H](O)[C@H](n2cc(C(=O)OCC)nn2)C1O. The summed E-state index contributed by atoms with van der Waals surface area (Å²) in [5.74, 6) is -0.629. The van der Waals surface area contributed by atoms with Crippen molar-refractivity contribution in [3.63, 3.8) is 0 Å². The van der Waals surface area contributed by atoms with Crippen molar-refractivity contribution in [1.29, 1.82) is 0 Å². The summed E-state index contributed by atoms with van der Waals surface area (Å²) in [4.78, 5) is 11.6. The molecule has 0 radical (unpaired) electrons. The molecule has 0 saturated carbocycles. The van der Waals surface area contributed by atoms with Gasteiger partial charge in [-0.1, -0.05) is 11.5 Å². The number of nitrogens with zero attached hydrogens (tertiary/aromatic N) is 3. The third-order valence-corrected chi connectivity index (χ3v) is 3.69. The molecule has 0 aromatic carbocycles. The molecule has 0 spiro atoms. The summed E-state index contributed by atoms with van der Waals surface area (Å²) in [6, 6.07) is -0.869. The average Bonchev–Trinajstić information content (AvgIpc) is 2.98. The number of aliphatic hydroxyl groups is 3. The molecule has 2 heterocycles. The Morgan fingerprint density at radius 1 is 1.45 bits per heavy atom. The Bertz CT molecular complexity index is 497. The van der Waals surface area contributed by atoms with Crippen molar-refractivity contribution in [3.8, 4) is 0 Å². The Kier molecular flexibility index (Phi) is 5.51. The molecule has 0 aliphatic carbocycles. The van der Waals surface area contributed by atoms with Gasteiger partial charge in [-0.25, -0.2) is 9.48 Å². The summed E-state index contributed by atoms with van der Waals surface area (Å²) in [6.07, 6.45) is -1.81. The molecular formula is C12H20BN3O6. The Balaban J connectivity index is 2.26. The first-order chi connectivity index (χ1) is 10.5. The molecule has 0 bridgehead atoms. The minimum absolute atomic E-state index is 0.0126. The van der Waals surface area contributed by atoms with Crippen LogP contribution in [0.25, 0.3) is 0 Å². The van der Waals surface area contributed by atoms with Crippen LogP contribution in [0.1, 0.15) is 23.5 Å². The first-order valence-electron chi connectivity index (χ1n) is 7.24. The summed E-state index contributed by atoms with van der Waals surface area (Å²) in [5, 5.41) is 37.4. The monoisotopic (exact) mass is 313 g/mol. The van der Waals surface area contributed by atoms with E-state index < -0.39 is 36.4 Å². The van der Waals surface area contributed by atoms with E-state index in [1.807, 2.05) is 7.85 Å². The normalized spacial score (nSPS) is 31.9. The number of aromatic nitrogens is 3. The van der Waals surface area contributed by atoms with Gasteiger partial charge in [0.15, 0.2) is 5.69 Å².